The zero-order valence-corrected chi connectivity index (χ0v) is 67.7. The summed E-state index contributed by atoms with van der Waals surface area (Å²) in [5.74, 6) is 3.04. The molecule has 5 aliphatic heterocycles. The van der Waals surface area contributed by atoms with Crippen molar-refractivity contribution in [1.82, 2.24) is 121 Å². The first-order chi connectivity index (χ1) is 58.3. The summed E-state index contributed by atoms with van der Waals surface area (Å²) >= 11 is 0. The van der Waals surface area contributed by atoms with Crippen molar-refractivity contribution in [2.45, 2.75) is 109 Å². The van der Waals surface area contributed by atoms with Gasteiger partial charge >= 0.3 is 12.4 Å². The van der Waals surface area contributed by atoms with Gasteiger partial charge in [-0.25, -0.2) is 74.9 Å². The molecule has 5 aliphatic rings. The summed E-state index contributed by atoms with van der Waals surface area (Å²) in [5.41, 5.74) is 7.21. The lowest BCUT2D eigenvalue weighted by molar-refractivity contribution is -0.152. The zero-order chi connectivity index (χ0) is 86.0. The van der Waals surface area contributed by atoms with Gasteiger partial charge in [0.05, 0.1) is 45.1 Å². The number of aromatic amines is 5. The van der Waals surface area contributed by atoms with E-state index < -0.39 is 37.0 Å². The Balaban J connectivity index is 0.000000148. The maximum absolute atomic E-state index is 12.3. The van der Waals surface area contributed by atoms with Gasteiger partial charge in [-0.15, -0.1) is 0 Å². The molecule has 3 atom stereocenters. The fraction of sp³-hybridized carbons (Fsp3) is 0.513. The summed E-state index contributed by atoms with van der Waals surface area (Å²) < 4.78 is 73.5. The van der Waals surface area contributed by atoms with Gasteiger partial charge in [0.2, 0.25) is 23.6 Å². The molecule has 15 heterocycles. The number of rotatable bonds is 24. The van der Waals surface area contributed by atoms with E-state index in [1.165, 1.54) is 19.0 Å². The van der Waals surface area contributed by atoms with Crippen LogP contribution in [0.4, 0.5) is 55.4 Å². The highest BCUT2D eigenvalue weighted by Gasteiger charge is 2.35. The molecule has 10 aromatic heterocycles. The van der Waals surface area contributed by atoms with E-state index in [0.29, 0.717) is 25.9 Å². The molecule has 0 spiro atoms. The van der Waals surface area contributed by atoms with Crippen LogP contribution in [-0.4, -0.2) is 261 Å². The molecule has 5 fully saturated rings. The van der Waals surface area contributed by atoms with Gasteiger partial charge in [0.25, 0.3) is 0 Å². The number of fused-ring (bicyclic) bond motifs is 5. The number of hydrogen-bond donors (Lipinski definition) is 10. The lowest BCUT2D eigenvalue weighted by atomic mass is 9.93. The number of ketones is 1. The largest absolute Gasteiger partial charge is 0.405 e. The Morgan fingerprint density at radius 1 is 0.430 bits per heavy atom. The number of nitriles is 3. The second-order valence-corrected chi connectivity index (χ2v) is 30.0. The number of carbonyl (C=O) groups excluding carboxylic acids is 5. The average Bonchev–Trinajstić information content (AvgIpc) is 1.75. The van der Waals surface area contributed by atoms with Gasteiger partial charge in [-0.05, 0) is 119 Å². The van der Waals surface area contributed by atoms with E-state index in [-0.39, 0.29) is 79.8 Å². The minimum Gasteiger partial charge on any atom is -0.347 e. The van der Waals surface area contributed by atoms with Gasteiger partial charge in [0, 0.05) is 156 Å². The van der Waals surface area contributed by atoms with Crippen molar-refractivity contribution in [3.63, 3.8) is 0 Å². The second kappa shape index (κ2) is 42.9. The first-order valence-electron chi connectivity index (χ1n) is 40.0. The van der Waals surface area contributed by atoms with Gasteiger partial charge in [-0.3, -0.25) is 44.0 Å². The summed E-state index contributed by atoms with van der Waals surface area (Å²) in [6, 6.07) is 15.5. The third-order valence-corrected chi connectivity index (χ3v) is 21.8. The zero-order valence-electron chi connectivity index (χ0n) is 67.7. The van der Waals surface area contributed by atoms with Crippen LogP contribution in [0.1, 0.15) is 96.3 Å². The third-order valence-electron chi connectivity index (χ3n) is 21.8. The number of piperidine rings is 5. The normalized spacial score (nSPS) is 17.8. The van der Waals surface area contributed by atoms with Crippen molar-refractivity contribution in [3.8, 4) is 18.2 Å². The van der Waals surface area contributed by atoms with Crippen LogP contribution in [0, 0.1) is 63.6 Å². The predicted octanol–water partition coefficient (Wildman–Crippen LogP) is 7.76. The highest BCUT2D eigenvalue weighted by Crippen LogP contribution is 2.33. The summed E-state index contributed by atoms with van der Waals surface area (Å²) in [5, 5.41) is 58.7. The quantitative estimate of drug-likeness (QED) is 0.0204. The van der Waals surface area contributed by atoms with Crippen LogP contribution in [-0.2, 0) is 24.0 Å². The highest BCUT2D eigenvalue weighted by molar-refractivity contribution is 5.90. The van der Waals surface area contributed by atoms with E-state index >= 15 is 0 Å². The molecule has 43 heteroatoms. The third kappa shape index (κ3) is 25.3. The molecule has 10 N–H and O–H groups in total. The Morgan fingerprint density at radius 3 is 1.17 bits per heavy atom. The Labute approximate surface area is 692 Å². The maximum Gasteiger partial charge on any atom is 0.405 e. The first kappa shape index (κ1) is 89.3. The number of anilines is 5. The Kier molecular flexibility index (Phi) is 31.7. The lowest BCUT2D eigenvalue weighted by Crippen LogP contribution is -2.48. The van der Waals surface area contributed by atoms with Crippen LogP contribution in [0.5, 0.6) is 0 Å². The van der Waals surface area contributed by atoms with Crippen LogP contribution < -0.4 is 46.7 Å². The molecule has 0 saturated carbocycles. The molecule has 3 unspecified atom stereocenters. The molecule has 0 radical (unpaired) electrons. The van der Waals surface area contributed by atoms with Gasteiger partial charge in [0.1, 0.15) is 98.3 Å². The fourth-order valence-electron chi connectivity index (χ4n) is 15.5. The molecule has 10 aromatic rings. The van der Waals surface area contributed by atoms with Gasteiger partial charge < -0.3 is 51.6 Å². The van der Waals surface area contributed by atoms with Crippen LogP contribution in [0.2, 0.25) is 0 Å². The topological polar surface area (TPSA) is 454 Å². The Morgan fingerprint density at radius 2 is 0.777 bits per heavy atom. The van der Waals surface area contributed by atoms with Crippen molar-refractivity contribution in [3.05, 3.63) is 93.0 Å². The molecular formula is C78H100F6N32O5. The smallest absolute Gasteiger partial charge is 0.347 e. The average molecular weight is 1680 g/mol. The number of hydrogen-bond acceptors (Lipinski definition) is 28. The van der Waals surface area contributed by atoms with Crippen LogP contribution in [0.3, 0.4) is 0 Å². The molecule has 0 bridgehead atoms. The van der Waals surface area contributed by atoms with Crippen molar-refractivity contribution in [1.29, 1.82) is 15.8 Å². The molecule has 644 valence electrons. The second-order valence-electron chi connectivity index (χ2n) is 30.0. The van der Waals surface area contributed by atoms with Crippen molar-refractivity contribution in [2.75, 3.05) is 145 Å². The maximum atomic E-state index is 12.3. The van der Waals surface area contributed by atoms with Crippen molar-refractivity contribution >= 4 is 114 Å². The molecule has 37 nitrogen and oxygen atoms in total. The summed E-state index contributed by atoms with van der Waals surface area (Å²) in [7, 11) is 7.78. The van der Waals surface area contributed by atoms with Gasteiger partial charge in [-0.2, -0.15) is 42.1 Å². The molecule has 121 heavy (non-hydrogen) atoms. The van der Waals surface area contributed by atoms with E-state index in [1.54, 1.807) is 18.9 Å². The molecule has 15 rings (SSSR count). The van der Waals surface area contributed by atoms with Crippen LogP contribution in [0.25, 0.3) is 55.2 Å². The fourth-order valence-corrected chi connectivity index (χ4v) is 15.5. The van der Waals surface area contributed by atoms with Gasteiger partial charge in [-0.1, -0.05) is 0 Å². The number of alkyl halides is 6. The monoisotopic (exact) mass is 1680 g/mol. The summed E-state index contributed by atoms with van der Waals surface area (Å²) in [4.78, 5) is 117. The van der Waals surface area contributed by atoms with Gasteiger partial charge in [0.15, 0.2) is 29.1 Å². The molecular weight excluding hydrogens is 1580 g/mol. The van der Waals surface area contributed by atoms with E-state index in [4.69, 9.17) is 15.8 Å². The number of nitrogens with one attached hydrogen (secondary N) is 10. The lowest BCUT2D eigenvalue weighted by Gasteiger charge is -2.39. The standard InChI is InChI=1S/C17H22F3N5O.C16H21F3N6O.C16H21N7O.C15H19N7O.C14H17N7O/c1-24(16-14-6-7-21-15(14)22-11-23-16)25-8-2-3-12(10-25)4-5-13(26)9-17(18,19)20;1-24(15-12-4-5-20-14(12)22-10-23-15)25-6-2-3-11(8-25)7-13(26)21-9-16(17,18)19;1-22(16-13-4-6-19-15(13)20-11-21-16)23-8-2-3-12(10-23)9-14(24)18-7-5-17;1-21(14-12-2-6-17-13(12)19-10-20-14)22-8-3-11(4-9-22)15(23)18-7-5-16;15-4-6-17-14(22)10-2-7-21(8-3-10)20-13-11-1-5-16-12(11)18-9-19-13/h6-7,11-12H,2-5,8-10H2,1H3,(H,21,22,23);4-5,10-11H,2-3,6-9H2,1H3,(H,21,26)(H,20,22,23);4,6,11-12H,2-3,7-10H2,1H3,(H,18,24)(H,19,20,21);2,6,10-11H,3-4,7-9H2,1H3,(H,18,23)(H,17,19,20);1,5,9-10H,2-3,6-8H2,(H,17,22)(H2,16,18,19,20). The Bertz CT molecular complexity index is 5170. The van der Waals surface area contributed by atoms with E-state index in [1.807, 2.05) is 122 Å². The molecule has 4 amide bonds. The van der Waals surface area contributed by atoms with Crippen LogP contribution in [0.15, 0.2) is 93.0 Å². The number of halogens is 6. The first-order valence-corrected chi connectivity index (χ1v) is 40.0. The number of H-pyrrole nitrogens is 5. The summed E-state index contributed by atoms with van der Waals surface area (Å²) in [6.45, 7) is 6.65. The van der Waals surface area contributed by atoms with E-state index in [0.717, 1.165) is 201 Å². The number of nitrogens with zero attached hydrogens (tertiary/aromatic N) is 22. The number of aromatic nitrogens is 15. The molecule has 0 aliphatic carbocycles. The SMILES string of the molecule is CN(c1ncnc2[nH]ccc12)N1CCC(C(=O)NCC#N)CC1.CN(c1ncnc2[nH]ccc12)N1CCCC(CC(=O)NCC#N)C1.CN(c1ncnc2[nH]ccc12)N1CCCC(CC(=O)NCC(F)(F)F)C1.CN(c1ncnc2[nH]ccc12)N1CCCC(CCC(=O)CC(F)(F)F)C1.N#CCNC(=O)C1CCN(Nc2ncnc3[nH]ccc23)CC1. The predicted molar refractivity (Wildman–Crippen MR) is 437 cm³/mol. The number of amides is 4. The Hall–Kier alpha value is -12.5. The number of Topliss-reactive ketones (excluding diaryl/α,β-unsaturated/α-hetero) is 1. The number of hydrazine groups is 5. The van der Waals surface area contributed by atoms with E-state index in [2.05, 4.69) is 126 Å². The minimum absolute atomic E-state index is 0.00277. The number of carbonyl (C=O) groups is 5. The van der Waals surface area contributed by atoms with Crippen LogP contribution >= 0.6 is 0 Å². The van der Waals surface area contributed by atoms with Crippen molar-refractivity contribution in [2.24, 2.45) is 29.6 Å². The van der Waals surface area contributed by atoms with E-state index in [9.17, 15) is 50.3 Å². The molecule has 5 saturated heterocycles. The molecule has 0 aromatic carbocycles. The highest BCUT2D eigenvalue weighted by atomic mass is 19.4. The summed E-state index contributed by atoms with van der Waals surface area (Å²) in [6.07, 6.45) is 16.3. The van der Waals surface area contributed by atoms with Crippen molar-refractivity contribution < 1.29 is 50.3 Å². The minimum atomic E-state index is -4.41.